The van der Waals surface area contributed by atoms with Crippen LogP contribution in [-0.2, 0) is 17.9 Å². The fourth-order valence-electron chi connectivity index (χ4n) is 3.83. The molecule has 1 fully saturated rings. The number of carbonyl (C=O) groups excluding carboxylic acids is 1. The minimum Gasteiger partial charge on any atom is -0.335 e. The van der Waals surface area contributed by atoms with Crippen LogP contribution in [0.1, 0.15) is 30.4 Å². The normalized spacial score (nSPS) is 16.5. The van der Waals surface area contributed by atoms with Gasteiger partial charge < -0.3 is 10.2 Å². The molecule has 0 spiro atoms. The topological polar surface area (TPSA) is 50.2 Å². The van der Waals surface area contributed by atoms with Crippen molar-refractivity contribution in [3.8, 4) is 5.69 Å². The minimum atomic E-state index is -0.217. The van der Waals surface area contributed by atoms with Gasteiger partial charge in [-0.25, -0.2) is 9.07 Å². The second kappa shape index (κ2) is 9.01. The van der Waals surface area contributed by atoms with E-state index in [1.165, 1.54) is 12.1 Å². The molecule has 6 heteroatoms. The SMILES string of the molecule is O=C1CC[C@@H](CCNCc2ccc(F)cc2)N1Cc1cccc(-n2cccn2)c1. The molecule has 5 nitrogen and oxygen atoms in total. The lowest BCUT2D eigenvalue weighted by Gasteiger charge is -2.25. The summed E-state index contributed by atoms with van der Waals surface area (Å²) in [7, 11) is 0. The van der Waals surface area contributed by atoms with Gasteiger partial charge in [-0.1, -0.05) is 24.3 Å². The molecule has 1 aliphatic rings. The fourth-order valence-corrected chi connectivity index (χ4v) is 3.83. The molecular formula is C23H25FN4O. The molecule has 0 radical (unpaired) electrons. The third-order valence-corrected chi connectivity index (χ3v) is 5.38. The Labute approximate surface area is 170 Å². The van der Waals surface area contributed by atoms with Gasteiger partial charge in [0, 0.05) is 37.9 Å². The van der Waals surface area contributed by atoms with E-state index in [4.69, 9.17) is 0 Å². The molecular weight excluding hydrogens is 367 g/mol. The van der Waals surface area contributed by atoms with Crippen LogP contribution in [-0.4, -0.2) is 33.2 Å². The number of hydrogen-bond donors (Lipinski definition) is 1. The van der Waals surface area contributed by atoms with Gasteiger partial charge in [0.1, 0.15) is 5.82 Å². The molecule has 1 aromatic heterocycles. The highest BCUT2D eigenvalue weighted by Crippen LogP contribution is 2.24. The zero-order chi connectivity index (χ0) is 20.1. The quantitative estimate of drug-likeness (QED) is 0.595. The van der Waals surface area contributed by atoms with E-state index in [1.807, 2.05) is 34.0 Å². The first-order chi connectivity index (χ1) is 14.2. The van der Waals surface area contributed by atoms with Gasteiger partial charge in [0.15, 0.2) is 0 Å². The van der Waals surface area contributed by atoms with Crippen LogP contribution in [0, 0.1) is 5.82 Å². The van der Waals surface area contributed by atoms with E-state index in [0.29, 0.717) is 19.5 Å². The van der Waals surface area contributed by atoms with Crippen LogP contribution in [0.4, 0.5) is 4.39 Å². The van der Waals surface area contributed by atoms with E-state index in [-0.39, 0.29) is 17.8 Å². The minimum absolute atomic E-state index is 0.217. The maximum absolute atomic E-state index is 13.0. The summed E-state index contributed by atoms with van der Waals surface area (Å²) in [4.78, 5) is 14.4. The number of nitrogens with zero attached hydrogens (tertiary/aromatic N) is 3. The van der Waals surface area contributed by atoms with Gasteiger partial charge in [-0.15, -0.1) is 0 Å². The molecule has 0 aliphatic carbocycles. The molecule has 2 heterocycles. The van der Waals surface area contributed by atoms with Crippen molar-refractivity contribution in [3.63, 3.8) is 0 Å². The van der Waals surface area contributed by atoms with Gasteiger partial charge in [0.05, 0.1) is 5.69 Å². The van der Waals surface area contributed by atoms with E-state index >= 15 is 0 Å². The predicted molar refractivity (Wildman–Crippen MR) is 110 cm³/mol. The highest BCUT2D eigenvalue weighted by Gasteiger charge is 2.30. The highest BCUT2D eigenvalue weighted by molar-refractivity contribution is 5.78. The molecule has 1 N–H and O–H groups in total. The molecule has 1 amide bonds. The summed E-state index contributed by atoms with van der Waals surface area (Å²) in [5, 5.41) is 7.68. The molecule has 150 valence electrons. The monoisotopic (exact) mass is 392 g/mol. The van der Waals surface area contributed by atoms with E-state index in [2.05, 4.69) is 22.5 Å². The van der Waals surface area contributed by atoms with Gasteiger partial charge in [-0.05, 0) is 60.8 Å². The molecule has 1 saturated heterocycles. The highest BCUT2D eigenvalue weighted by atomic mass is 19.1. The predicted octanol–water partition coefficient (Wildman–Crippen LogP) is 3.68. The Morgan fingerprint density at radius 3 is 2.76 bits per heavy atom. The van der Waals surface area contributed by atoms with Crippen molar-refractivity contribution in [2.24, 2.45) is 0 Å². The summed E-state index contributed by atoms with van der Waals surface area (Å²) in [6, 6.07) is 16.8. The first-order valence-corrected chi connectivity index (χ1v) is 10.0. The van der Waals surface area contributed by atoms with E-state index in [1.54, 1.807) is 18.3 Å². The zero-order valence-corrected chi connectivity index (χ0v) is 16.3. The summed E-state index contributed by atoms with van der Waals surface area (Å²) in [6.07, 6.45) is 6.09. The van der Waals surface area contributed by atoms with Crippen molar-refractivity contribution >= 4 is 5.91 Å². The first kappa shape index (κ1) is 19.3. The van der Waals surface area contributed by atoms with Gasteiger partial charge in [0.2, 0.25) is 5.91 Å². The number of rotatable bonds is 8. The molecule has 29 heavy (non-hydrogen) atoms. The second-order valence-electron chi connectivity index (χ2n) is 7.43. The molecule has 0 saturated carbocycles. The van der Waals surface area contributed by atoms with Crippen molar-refractivity contribution in [3.05, 3.63) is 83.9 Å². The Kier molecular flexibility index (Phi) is 6.00. The Morgan fingerprint density at radius 2 is 1.97 bits per heavy atom. The Hall–Kier alpha value is -2.99. The fraction of sp³-hybridized carbons (Fsp3) is 0.304. The standard InChI is InChI=1S/C23H25FN4O/c24-20-7-5-18(6-8-20)16-25-13-11-21-9-10-23(29)27(21)17-19-3-1-4-22(15-19)28-14-2-12-26-28/h1-8,12,14-15,21,25H,9-11,13,16-17H2/t21-/m0/s1. The second-order valence-corrected chi connectivity index (χ2v) is 7.43. The number of nitrogens with one attached hydrogen (secondary N) is 1. The number of amides is 1. The smallest absolute Gasteiger partial charge is 0.223 e. The maximum atomic E-state index is 13.0. The molecule has 0 bridgehead atoms. The van der Waals surface area contributed by atoms with Crippen LogP contribution in [0.25, 0.3) is 5.69 Å². The van der Waals surface area contributed by atoms with Gasteiger partial charge in [-0.2, -0.15) is 5.10 Å². The average molecular weight is 392 g/mol. The summed E-state index contributed by atoms with van der Waals surface area (Å²) >= 11 is 0. The maximum Gasteiger partial charge on any atom is 0.223 e. The summed E-state index contributed by atoms with van der Waals surface area (Å²) in [6.45, 7) is 2.14. The van der Waals surface area contributed by atoms with Gasteiger partial charge >= 0.3 is 0 Å². The lowest BCUT2D eigenvalue weighted by atomic mass is 10.1. The van der Waals surface area contributed by atoms with E-state index < -0.39 is 0 Å². The molecule has 1 atom stereocenters. The number of likely N-dealkylation sites (tertiary alicyclic amines) is 1. The van der Waals surface area contributed by atoms with Crippen LogP contribution in [0.15, 0.2) is 67.0 Å². The summed E-state index contributed by atoms with van der Waals surface area (Å²) in [5.74, 6) is 0.00325. The van der Waals surface area contributed by atoms with Crippen molar-refractivity contribution in [2.75, 3.05) is 6.54 Å². The van der Waals surface area contributed by atoms with Crippen molar-refractivity contribution in [1.82, 2.24) is 20.0 Å². The van der Waals surface area contributed by atoms with Crippen molar-refractivity contribution < 1.29 is 9.18 Å². The van der Waals surface area contributed by atoms with Crippen LogP contribution < -0.4 is 5.32 Å². The third-order valence-electron chi connectivity index (χ3n) is 5.38. The number of carbonyl (C=O) groups is 1. The summed E-state index contributed by atoms with van der Waals surface area (Å²) in [5.41, 5.74) is 3.16. The molecule has 2 aromatic carbocycles. The molecule has 4 rings (SSSR count). The number of aromatic nitrogens is 2. The number of benzene rings is 2. The Balaban J connectivity index is 1.32. The first-order valence-electron chi connectivity index (χ1n) is 10.0. The zero-order valence-electron chi connectivity index (χ0n) is 16.3. The lowest BCUT2D eigenvalue weighted by Crippen LogP contribution is -2.34. The van der Waals surface area contributed by atoms with Crippen molar-refractivity contribution in [1.29, 1.82) is 0 Å². The Morgan fingerprint density at radius 1 is 1.10 bits per heavy atom. The van der Waals surface area contributed by atoms with Crippen molar-refractivity contribution in [2.45, 2.75) is 38.4 Å². The van der Waals surface area contributed by atoms with E-state index in [0.717, 1.165) is 36.2 Å². The van der Waals surface area contributed by atoms with E-state index in [9.17, 15) is 9.18 Å². The largest absolute Gasteiger partial charge is 0.335 e. The average Bonchev–Trinajstić information content (AvgIpc) is 3.39. The van der Waals surface area contributed by atoms with Gasteiger partial charge in [0.25, 0.3) is 0 Å². The third kappa shape index (κ3) is 4.90. The number of hydrogen-bond acceptors (Lipinski definition) is 3. The Bertz CT molecular complexity index is 940. The van der Waals surface area contributed by atoms with Crippen LogP contribution >= 0.6 is 0 Å². The van der Waals surface area contributed by atoms with Crippen LogP contribution in [0.3, 0.4) is 0 Å². The van der Waals surface area contributed by atoms with Crippen LogP contribution in [0.2, 0.25) is 0 Å². The lowest BCUT2D eigenvalue weighted by molar-refractivity contribution is -0.129. The molecule has 0 unspecified atom stereocenters. The molecule has 1 aliphatic heterocycles. The van der Waals surface area contributed by atoms with Crippen LogP contribution in [0.5, 0.6) is 0 Å². The number of halogens is 1. The summed E-state index contributed by atoms with van der Waals surface area (Å²) < 4.78 is 14.8. The van der Waals surface area contributed by atoms with Gasteiger partial charge in [-0.3, -0.25) is 4.79 Å². The molecule has 3 aromatic rings.